The minimum atomic E-state index is -4.41. The summed E-state index contributed by atoms with van der Waals surface area (Å²) in [7, 11) is -4.41. The van der Waals surface area contributed by atoms with Gasteiger partial charge in [-0.1, -0.05) is 27.2 Å². The summed E-state index contributed by atoms with van der Waals surface area (Å²) in [6.07, 6.45) is -0.839. The van der Waals surface area contributed by atoms with Crippen molar-refractivity contribution in [3.05, 3.63) is 33.1 Å². The molecule has 1 aromatic heterocycles. The van der Waals surface area contributed by atoms with Gasteiger partial charge in [-0.3, -0.25) is 18.9 Å². The van der Waals surface area contributed by atoms with Crippen molar-refractivity contribution in [3.63, 3.8) is 0 Å². The summed E-state index contributed by atoms with van der Waals surface area (Å²) in [6.45, 7) is 7.65. The summed E-state index contributed by atoms with van der Waals surface area (Å²) in [4.78, 5) is 35.3. The average Bonchev–Trinajstić information content (AvgIpc) is 2.63. The molecule has 0 aromatic carbocycles. The van der Waals surface area contributed by atoms with Gasteiger partial charge in [-0.15, -0.1) is 0 Å². The Balaban J connectivity index is 3.17. The number of aromatic amines is 1. The van der Waals surface area contributed by atoms with E-state index < -0.39 is 48.0 Å². The van der Waals surface area contributed by atoms with Crippen molar-refractivity contribution in [1.29, 1.82) is 0 Å². The van der Waals surface area contributed by atoms with Crippen LogP contribution in [0.2, 0.25) is 0 Å². The minimum absolute atomic E-state index is 0.105. The number of nitrogens with one attached hydrogen (secondary N) is 1. The summed E-state index contributed by atoms with van der Waals surface area (Å²) in [5.41, 5.74) is -2.63. The molecule has 0 saturated heterocycles. The van der Waals surface area contributed by atoms with Gasteiger partial charge in [-0.2, -0.15) is 0 Å². The SMILES string of the molecule is CCC(CC(CC)(CC)OP(=O)(O)C(C)(C)O)C(O)C(O)n1ccc(=O)[nH]c1=O. The quantitative estimate of drug-likeness (QED) is 0.324. The zero-order chi connectivity index (χ0) is 22.6. The lowest BCUT2D eigenvalue weighted by Gasteiger charge is -2.40. The maximum atomic E-state index is 12.5. The summed E-state index contributed by atoms with van der Waals surface area (Å²) < 4.78 is 18.9. The van der Waals surface area contributed by atoms with Gasteiger partial charge in [0, 0.05) is 12.3 Å². The van der Waals surface area contributed by atoms with E-state index in [1.165, 1.54) is 13.8 Å². The highest BCUT2D eigenvalue weighted by atomic mass is 31.2. The normalized spacial score (nSPS) is 18.1. The van der Waals surface area contributed by atoms with Crippen molar-refractivity contribution < 1.29 is 29.3 Å². The summed E-state index contributed by atoms with van der Waals surface area (Å²) >= 11 is 0. The molecule has 0 aliphatic rings. The smallest absolute Gasteiger partial charge is 0.359 e. The van der Waals surface area contributed by atoms with Gasteiger partial charge < -0.3 is 24.7 Å². The number of aliphatic hydroxyl groups is 3. The molecule has 0 spiro atoms. The Bertz CT molecular complexity index is 824. The Hall–Kier alpha value is -1.29. The first-order valence-electron chi connectivity index (χ1n) is 9.67. The molecular formula is C18H33N2O8P. The van der Waals surface area contributed by atoms with Crippen LogP contribution in [0.4, 0.5) is 0 Å². The zero-order valence-electron chi connectivity index (χ0n) is 17.5. The molecule has 168 valence electrons. The molecule has 0 aliphatic heterocycles. The van der Waals surface area contributed by atoms with Crippen LogP contribution in [0.5, 0.6) is 0 Å². The van der Waals surface area contributed by atoms with Crippen LogP contribution in [-0.2, 0) is 9.09 Å². The van der Waals surface area contributed by atoms with E-state index in [0.29, 0.717) is 19.3 Å². The van der Waals surface area contributed by atoms with E-state index in [1.54, 1.807) is 20.8 Å². The Labute approximate surface area is 169 Å². The van der Waals surface area contributed by atoms with E-state index >= 15 is 0 Å². The highest BCUT2D eigenvalue weighted by molar-refractivity contribution is 7.54. The number of nitrogens with zero attached hydrogens (tertiary/aromatic N) is 1. The molecule has 4 atom stereocenters. The van der Waals surface area contributed by atoms with Crippen LogP contribution in [0.1, 0.15) is 66.5 Å². The first-order valence-corrected chi connectivity index (χ1v) is 11.2. The van der Waals surface area contributed by atoms with Crippen LogP contribution in [-0.4, -0.2) is 46.8 Å². The summed E-state index contributed by atoms with van der Waals surface area (Å²) in [5, 5.41) is 29.2. The van der Waals surface area contributed by atoms with Crippen LogP contribution >= 0.6 is 7.60 Å². The van der Waals surface area contributed by atoms with Crippen molar-refractivity contribution in [2.75, 3.05) is 0 Å². The fourth-order valence-corrected chi connectivity index (χ4v) is 4.19. The molecule has 1 rings (SSSR count). The number of rotatable bonds is 11. The molecule has 29 heavy (non-hydrogen) atoms. The molecule has 0 fully saturated rings. The van der Waals surface area contributed by atoms with E-state index in [0.717, 1.165) is 16.8 Å². The van der Waals surface area contributed by atoms with Crippen molar-refractivity contribution in [1.82, 2.24) is 9.55 Å². The summed E-state index contributed by atoms with van der Waals surface area (Å²) in [6, 6.07) is 1.05. The molecule has 0 saturated carbocycles. The lowest BCUT2D eigenvalue weighted by atomic mass is 9.82. The van der Waals surface area contributed by atoms with Crippen LogP contribution in [0.25, 0.3) is 0 Å². The molecule has 0 amide bonds. The van der Waals surface area contributed by atoms with Crippen LogP contribution in [0, 0.1) is 5.92 Å². The third-order valence-electron chi connectivity index (χ3n) is 5.38. The van der Waals surface area contributed by atoms with Crippen molar-refractivity contribution in [2.45, 2.75) is 83.6 Å². The third-order valence-corrected chi connectivity index (χ3v) is 7.40. The molecule has 4 unspecified atom stereocenters. The van der Waals surface area contributed by atoms with E-state index in [4.69, 9.17) is 4.52 Å². The van der Waals surface area contributed by atoms with Gasteiger partial charge in [0.15, 0.2) is 11.6 Å². The second kappa shape index (κ2) is 9.68. The lowest BCUT2D eigenvalue weighted by Crippen LogP contribution is -2.43. The zero-order valence-corrected chi connectivity index (χ0v) is 18.4. The second-order valence-electron chi connectivity index (χ2n) is 7.79. The van der Waals surface area contributed by atoms with Gasteiger partial charge in [0.25, 0.3) is 5.56 Å². The number of aliphatic hydroxyl groups excluding tert-OH is 2. The Morgan fingerprint density at radius 3 is 2.17 bits per heavy atom. The van der Waals surface area contributed by atoms with Crippen molar-refractivity contribution in [2.24, 2.45) is 5.92 Å². The van der Waals surface area contributed by atoms with Crippen molar-refractivity contribution in [3.8, 4) is 0 Å². The average molecular weight is 436 g/mol. The standard InChI is InChI=1S/C18H33N2O8P/c1-6-12(14(22)15(23)20-10-9-13(21)19-16(20)24)11-18(7-2,8-3)28-29(26,27)17(4,5)25/h9-10,12,14-15,22-23,25H,6-8,11H2,1-5H3,(H,26,27)(H,19,21,24). The highest BCUT2D eigenvalue weighted by Crippen LogP contribution is 2.58. The Morgan fingerprint density at radius 1 is 1.21 bits per heavy atom. The molecule has 0 bridgehead atoms. The van der Waals surface area contributed by atoms with E-state index in [-0.39, 0.29) is 6.42 Å². The highest BCUT2D eigenvalue weighted by Gasteiger charge is 2.46. The van der Waals surface area contributed by atoms with Gasteiger partial charge in [-0.25, -0.2) is 4.79 Å². The van der Waals surface area contributed by atoms with Crippen LogP contribution < -0.4 is 11.2 Å². The molecular weight excluding hydrogens is 403 g/mol. The molecule has 11 heteroatoms. The Kier molecular flexibility index (Phi) is 8.59. The van der Waals surface area contributed by atoms with Crippen molar-refractivity contribution >= 4 is 7.60 Å². The monoisotopic (exact) mass is 436 g/mol. The van der Waals surface area contributed by atoms with E-state index in [1.807, 2.05) is 4.98 Å². The predicted molar refractivity (Wildman–Crippen MR) is 108 cm³/mol. The van der Waals surface area contributed by atoms with Gasteiger partial charge in [-0.05, 0) is 39.0 Å². The van der Waals surface area contributed by atoms with E-state index in [9.17, 15) is 34.4 Å². The molecule has 5 N–H and O–H groups in total. The van der Waals surface area contributed by atoms with Gasteiger partial charge in [0.1, 0.15) is 6.10 Å². The number of aromatic nitrogens is 2. The fourth-order valence-electron chi connectivity index (χ4n) is 3.11. The molecule has 1 heterocycles. The van der Waals surface area contributed by atoms with Crippen LogP contribution in [0.3, 0.4) is 0 Å². The largest absolute Gasteiger partial charge is 0.388 e. The number of hydrogen-bond donors (Lipinski definition) is 5. The number of H-pyrrole nitrogens is 1. The molecule has 0 radical (unpaired) electrons. The first kappa shape index (κ1) is 25.7. The minimum Gasteiger partial charge on any atom is -0.388 e. The molecule has 1 aromatic rings. The topological polar surface area (TPSA) is 162 Å². The van der Waals surface area contributed by atoms with E-state index in [2.05, 4.69) is 0 Å². The maximum Gasteiger partial charge on any atom is 0.359 e. The third kappa shape index (κ3) is 6.10. The predicted octanol–water partition coefficient (Wildman–Crippen LogP) is 1.29. The first-order chi connectivity index (χ1) is 13.2. The lowest BCUT2D eigenvalue weighted by molar-refractivity contribution is -0.0851. The maximum absolute atomic E-state index is 12.5. The number of hydrogen-bond acceptors (Lipinski definition) is 7. The fraction of sp³-hybridized carbons (Fsp3) is 0.778. The molecule has 0 aliphatic carbocycles. The Morgan fingerprint density at radius 2 is 1.76 bits per heavy atom. The second-order valence-corrected chi connectivity index (χ2v) is 10.1. The van der Waals surface area contributed by atoms with Gasteiger partial charge in [0.05, 0.1) is 5.60 Å². The van der Waals surface area contributed by atoms with Crippen LogP contribution in [0.15, 0.2) is 21.9 Å². The van der Waals surface area contributed by atoms with Gasteiger partial charge >= 0.3 is 13.3 Å². The summed E-state index contributed by atoms with van der Waals surface area (Å²) in [5.74, 6) is -0.606. The molecule has 10 nitrogen and oxygen atoms in total. The van der Waals surface area contributed by atoms with Gasteiger partial charge in [0.2, 0.25) is 0 Å².